The molecule has 0 bridgehead atoms. The molecule has 0 spiro atoms. The monoisotopic (exact) mass is 199 g/mol. The normalized spacial score (nSPS) is 28.1. The fourth-order valence-electron chi connectivity index (χ4n) is 1.92. The second-order valence-electron chi connectivity index (χ2n) is 4.89. The van der Waals surface area contributed by atoms with E-state index in [0.717, 1.165) is 31.4 Å². The van der Waals surface area contributed by atoms with Gasteiger partial charge >= 0.3 is 0 Å². The maximum atomic E-state index is 5.48. The van der Waals surface area contributed by atoms with Crippen molar-refractivity contribution in [2.75, 3.05) is 13.2 Å². The molecule has 0 aromatic carbocycles. The third-order valence-electron chi connectivity index (χ3n) is 3.05. The van der Waals surface area contributed by atoms with Gasteiger partial charge in [0.25, 0.3) is 0 Å². The van der Waals surface area contributed by atoms with Gasteiger partial charge in [-0.2, -0.15) is 0 Å². The topological polar surface area (TPSA) is 21.3 Å². The molecule has 0 aliphatic heterocycles. The van der Waals surface area contributed by atoms with Crippen molar-refractivity contribution in [1.82, 2.24) is 5.32 Å². The summed E-state index contributed by atoms with van der Waals surface area (Å²) in [5.74, 6) is 1.88. The highest BCUT2D eigenvalue weighted by molar-refractivity contribution is 4.89. The maximum absolute atomic E-state index is 5.48. The van der Waals surface area contributed by atoms with E-state index in [1.807, 2.05) is 0 Å². The van der Waals surface area contributed by atoms with Gasteiger partial charge in [0, 0.05) is 12.6 Å². The minimum atomic E-state index is 0.371. The van der Waals surface area contributed by atoms with Crippen LogP contribution in [0.15, 0.2) is 0 Å². The lowest BCUT2D eigenvalue weighted by molar-refractivity contribution is 0.0766. The van der Waals surface area contributed by atoms with Crippen LogP contribution in [0.1, 0.15) is 40.5 Å². The largest absolute Gasteiger partial charge is 0.379 e. The van der Waals surface area contributed by atoms with Crippen LogP contribution in [0.25, 0.3) is 0 Å². The summed E-state index contributed by atoms with van der Waals surface area (Å²) in [6.07, 6.45) is 2.91. The van der Waals surface area contributed by atoms with Gasteiger partial charge in [-0.3, -0.25) is 0 Å². The van der Waals surface area contributed by atoms with Crippen molar-refractivity contribution in [3.05, 3.63) is 0 Å². The van der Waals surface area contributed by atoms with Gasteiger partial charge in [-0.1, -0.05) is 6.92 Å². The van der Waals surface area contributed by atoms with E-state index in [-0.39, 0.29) is 0 Å². The van der Waals surface area contributed by atoms with Crippen LogP contribution < -0.4 is 5.32 Å². The van der Waals surface area contributed by atoms with Crippen LogP contribution >= 0.6 is 0 Å². The van der Waals surface area contributed by atoms with Crippen LogP contribution in [-0.4, -0.2) is 25.3 Å². The molecule has 84 valence electrons. The number of ether oxygens (including phenoxy) is 1. The lowest BCUT2D eigenvalue weighted by Gasteiger charge is -2.13. The zero-order valence-corrected chi connectivity index (χ0v) is 10.0. The summed E-state index contributed by atoms with van der Waals surface area (Å²) >= 11 is 0. The van der Waals surface area contributed by atoms with E-state index >= 15 is 0 Å². The van der Waals surface area contributed by atoms with E-state index < -0.39 is 0 Å². The smallest absolute Gasteiger partial charge is 0.0518 e. The molecule has 0 radical (unpaired) electrons. The standard InChI is InChI=1S/C12H25NO/c1-9(2)14-7-5-6-13-11(4)12-8-10(12)3/h9-13H,5-8H2,1-4H3. The molecular weight excluding hydrogens is 174 g/mol. The van der Waals surface area contributed by atoms with Crippen molar-refractivity contribution >= 4 is 0 Å². The molecule has 0 heterocycles. The van der Waals surface area contributed by atoms with Gasteiger partial charge in [0.05, 0.1) is 6.10 Å². The lowest BCUT2D eigenvalue weighted by atomic mass is 10.2. The van der Waals surface area contributed by atoms with Gasteiger partial charge in [0.1, 0.15) is 0 Å². The molecule has 3 atom stereocenters. The maximum Gasteiger partial charge on any atom is 0.0518 e. The number of hydrogen-bond donors (Lipinski definition) is 1. The van der Waals surface area contributed by atoms with Crippen molar-refractivity contribution in [3.63, 3.8) is 0 Å². The summed E-state index contributed by atoms with van der Waals surface area (Å²) < 4.78 is 5.48. The van der Waals surface area contributed by atoms with E-state index in [9.17, 15) is 0 Å². The summed E-state index contributed by atoms with van der Waals surface area (Å²) in [4.78, 5) is 0. The molecule has 1 aliphatic rings. The van der Waals surface area contributed by atoms with Gasteiger partial charge in [-0.15, -0.1) is 0 Å². The molecule has 1 aliphatic carbocycles. The fourth-order valence-corrected chi connectivity index (χ4v) is 1.92. The van der Waals surface area contributed by atoms with E-state index in [0.29, 0.717) is 12.1 Å². The van der Waals surface area contributed by atoms with Crippen LogP contribution in [-0.2, 0) is 4.74 Å². The Morgan fingerprint density at radius 3 is 2.50 bits per heavy atom. The van der Waals surface area contributed by atoms with Crippen molar-refractivity contribution in [1.29, 1.82) is 0 Å². The Bertz CT molecular complexity index is 158. The first kappa shape index (κ1) is 12.0. The summed E-state index contributed by atoms with van der Waals surface area (Å²) in [6.45, 7) is 10.8. The number of nitrogens with one attached hydrogen (secondary N) is 1. The molecule has 1 saturated carbocycles. The molecule has 0 aromatic rings. The zero-order valence-electron chi connectivity index (χ0n) is 10.0. The van der Waals surface area contributed by atoms with Gasteiger partial charge in [0.2, 0.25) is 0 Å². The lowest BCUT2D eigenvalue weighted by Crippen LogP contribution is -2.30. The minimum Gasteiger partial charge on any atom is -0.379 e. The Balaban J connectivity index is 1.88. The van der Waals surface area contributed by atoms with Crippen molar-refractivity contribution < 1.29 is 4.74 Å². The minimum absolute atomic E-state index is 0.371. The van der Waals surface area contributed by atoms with Crippen LogP contribution in [0.5, 0.6) is 0 Å². The average Bonchev–Trinajstić information content (AvgIpc) is 2.81. The molecular formula is C12H25NO. The van der Waals surface area contributed by atoms with Crippen LogP contribution in [0.4, 0.5) is 0 Å². The molecule has 2 nitrogen and oxygen atoms in total. The van der Waals surface area contributed by atoms with Gasteiger partial charge in [-0.05, 0) is 52.0 Å². The Kier molecular flexibility index (Phi) is 4.90. The Morgan fingerprint density at radius 1 is 1.36 bits per heavy atom. The first-order chi connectivity index (χ1) is 6.61. The summed E-state index contributed by atoms with van der Waals surface area (Å²) in [7, 11) is 0. The van der Waals surface area contributed by atoms with E-state index in [1.54, 1.807) is 0 Å². The van der Waals surface area contributed by atoms with Crippen molar-refractivity contribution in [2.24, 2.45) is 11.8 Å². The van der Waals surface area contributed by atoms with E-state index in [2.05, 4.69) is 33.0 Å². The molecule has 0 saturated heterocycles. The van der Waals surface area contributed by atoms with Gasteiger partial charge in [0.15, 0.2) is 0 Å². The number of rotatable bonds is 7. The molecule has 0 aromatic heterocycles. The number of hydrogen-bond acceptors (Lipinski definition) is 2. The van der Waals surface area contributed by atoms with Gasteiger partial charge in [-0.25, -0.2) is 0 Å². The third-order valence-corrected chi connectivity index (χ3v) is 3.05. The van der Waals surface area contributed by atoms with Crippen molar-refractivity contribution in [2.45, 2.75) is 52.7 Å². The Hall–Kier alpha value is -0.0800. The highest BCUT2D eigenvalue weighted by Crippen LogP contribution is 2.40. The summed E-state index contributed by atoms with van der Waals surface area (Å²) in [6, 6.07) is 0.698. The van der Waals surface area contributed by atoms with Crippen LogP contribution in [0.3, 0.4) is 0 Å². The van der Waals surface area contributed by atoms with Crippen LogP contribution in [0, 0.1) is 11.8 Å². The molecule has 0 amide bonds. The molecule has 14 heavy (non-hydrogen) atoms. The first-order valence-corrected chi connectivity index (χ1v) is 5.96. The zero-order chi connectivity index (χ0) is 10.6. The average molecular weight is 199 g/mol. The molecule has 3 unspecified atom stereocenters. The summed E-state index contributed by atoms with van der Waals surface area (Å²) in [5, 5.41) is 3.57. The molecule has 1 rings (SSSR count). The quantitative estimate of drug-likeness (QED) is 0.636. The molecule has 2 heteroatoms. The summed E-state index contributed by atoms with van der Waals surface area (Å²) in [5.41, 5.74) is 0. The van der Waals surface area contributed by atoms with Gasteiger partial charge < -0.3 is 10.1 Å². The highest BCUT2D eigenvalue weighted by Gasteiger charge is 2.36. The van der Waals surface area contributed by atoms with Crippen molar-refractivity contribution in [3.8, 4) is 0 Å². The molecule has 1 N–H and O–H groups in total. The predicted molar refractivity (Wildman–Crippen MR) is 60.4 cm³/mol. The predicted octanol–water partition coefficient (Wildman–Crippen LogP) is 2.44. The molecule has 1 fully saturated rings. The first-order valence-electron chi connectivity index (χ1n) is 5.96. The van der Waals surface area contributed by atoms with E-state index in [1.165, 1.54) is 6.42 Å². The van der Waals surface area contributed by atoms with Crippen LogP contribution in [0.2, 0.25) is 0 Å². The second-order valence-corrected chi connectivity index (χ2v) is 4.89. The van der Waals surface area contributed by atoms with E-state index in [4.69, 9.17) is 4.74 Å². The second kappa shape index (κ2) is 5.72. The SMILES string of the molecule is CC(C)OCCCNC(C)C1CC1C. The Labute approximate surface area is 88.4 Å². The third kappa shape index (κ3) is 4.43. The fraction of sp³-hybridized carbons (Fsp3) is 1.00. The Morgan fingerprint density at radius 2 is 2.00 bits per heavy atom. The highest BCUT2D eigenvalue weighted by atomic mass is 16.5.